The summed E-state index contributed by atoms with van der Waals surface area (Å²) in [5.41, 5.74) is 1.49. The number of nitrogens with zero attached hydrogens (tertiary/aromatic N) is 2. The Bertz CT molecular complexity index is 362. The average molecular weight is 242 g/mol. The van der Waals surface area contributed by atoms with Gasteiger partial charge in [-0.05, 0) is 49.5 Å². The summed E-state index contributed by atoms with van der Waals surface area (Å²) in [4.78, 5) is 0. The molecule has 0 unspecified atom stereocenters. The van der Waals surface area contributed by atoms with Crippen LogP contribution in [0.2, 0.25) is 0 Å². The van der Waals surface area contributed by atoms with Crippen LogP contribution >= 0.6 is 0 Å². The van der Waals surface area contributed by atoms with E-state index in [1.54, 1.807) is 0 Å². The van der Waals surface area contributed by atoms with Crippen LogP contribution in [-0.2, 0) is 0 Å². The second-order valence-electron chi connectivity index (χ2n) is 5.89. The maximum absolute atomic E-state index is 8.87. The van der Waals surface area contributed by atoms with Gasteiger partial charge in [-0.25, -0.2) is 0 Å². The SMILES string of the molecule is N#CC(C#N)=C1CCC(CC2CCCCC2)CC1. The van der Waals surface area contributed by atoms with Gasteiger partial charge in [-0.3, -0.25) is 0 Å². The Labute approximate surface area is 110 Å². The van der Waals surface area contributed by atoms with Crippen molar-refractivity contribution in [3.8, 4) is 12.1 Å². The molecule has 2 aliphatic rings. The molecule has 0 aromatic heterocycles. The molecule has 0 bridgehead atoms. The predicted octanol–water partition coefficient (Wildman–Crippen LogP) is 4.49. The summed E-state index contributed by atoms with van der Waals surface area (Å²) in [5.74, 6) is 1.80. The fourth-order valence-electron chi connectivity index (χ4n) is 3.59. The van der Waals surface area contributed by atoms with Gasteiger partial charge in [0.05, 0.1) is 0 Å². The fourth-order valence-corrected chi connectivity index (χ4v) is 3.59. The third kappa shape index (κ3) is 3.36. The van der Waals surface area contributed by atoms with Gasteiger partial charge in [0.2, 0.25) is 0 Å². The summed E-state index contributed by atoms with van der Waals surface area (Å²) < 4.78 is 0. The first kappa shape index (κ1) is 13.2. The molecule has 96 valence electrons. The molecule has 0 aromatic rings. The zero-order valence-corrected chi connectivity index (χ0v) is 11.1. The first-order valence-electron chi connectivity index (χ1n) is 7.35. The van der Waals surface area contributed by atoms with E-state index in [0.717, 1.165) is 30.3 Å². The zero-order valence-electron chi connectivity index (χ0n) is 11.1. The molecule has 2 fully saturated rings. The molecule has 0 amide bonds. The molecule has 0 spiro atoms. The lowest BCUT2D eigenvalue weighted by atomic mass is 9.76. The molecular formula is C16H22N2. The highest BCUT2D eigenvalue weighted by Gasteiger charge is 2.23. The Hall–Kier alpha value is -1.28. The number of allylic oxidation sites excluding steroid dienone is 2. The van der Waals surface area contributed by atoms with Crippen LogP contribution in [0.1, 0.15) is 64.2 Å². The second-order valence-corrected chi connectivity index (χ2v) is 5.89. The lowest BCUT2D eigenvalue weighted by molar-refractivity contribution is 0.259. The lowest BCUT2D eigenvalue weighted by Gasteiger charge is -2.29. The highest BCUT2D eigenvalue weighted by molar-refractivity contribution is 5.40. The van der Waals surface area contributed by atoms with E-state index < -0.39 is 0 Å². The molecule has 2 nitrogen and oxygen atoms in total. The van der Waals surface area contributed by atoms with Crippen molar-refractivity contribution < 1.29 is 0 Å². The molecule has 2 rings (SSSR count). The maximum Gasteiger partial charge on any atom is 0.128 e. The summed E-state index contributed by atoms with van der Waals surface area (Å²) in [5, 5.41) is 17.7. The molecule has 0 N–H and O–H groups in total. The van der Waals surface area contributed by atoms with Crippen molar-refractivity contribution >= 4 is 0 Å². The number of hydrogen-bond acceptors (Lipinski definition) is 2. The van der Waals surface area contributed by atoms with Crippen LogP contribution in [0, 0.1) is 34.5 Å². The molecule has 18 heavy (non-hydrogen) atoms. The molecule has 2 saturated carbocycles. The van der Waals surface area contributed by atoms with Crippen molar-refractivity contribution in [3.05, 3.63) is 11.1 Å². The van der Waals surface area contributed by atoms with E-state index in [-0.39, 0.29) is 0 Å². The molecule has 0 atom stereocenters. The van der Waals surface area contributed by atoms with Crippen molar-refractivity contribution in [2.24, 2.45) is 11.8 Å². The third-order valence-corrected chi connectivity index (χ3v) is 4.68. The van der Waals surface area contributed by atoms with Crippen LogP contribution < -0.4 is 0 Å². The molecule has 2 heteroatoms. The van der Waals surface area contributed by atoms with Crippen molar-refractivity contribution in [2.75, 3.05) is 0 Å². The topological polar surface area (TPSA) is 47.6 Å². The number of hydrogen-bond donors (Lipinski definition) is 0. The molecular weight excluding hydrogens is 220 g/mol. The van der Waals surface area contributed by atoms with E-state index >= 15 is 0 Å². The van der Waals surface area contributed by atoms with Crippen molar-refractivity contribution in [2.45, 2.75) is 64.2 Å². The Morgan fingerprint density at radius 2 is 1.44 bits per heavy atom. The van der Waals surface area contributed by atoms with Gasteiger partial charge >= 0.3 is 0 Å². The zero-order chi connectivity index (χ0) is 12.8. The Kier molecular flexibility index (Phi) is 4.82. The van der Waals surface area contributed by atoms with E-state index in [1.165, 1.54) is 51.4 Å². The molecule has 0 radical (unpaired) electrons. The summed E-state index contributed by atoms with van der Waals surface area (Å²) in [6.07, 6.45) is 12.9. The third-order valence-electron chi connectivity index (χ3n) is 4.68. The standard InChI is InChI=1S/C16H22N2/c17-11-16(12-18)15-8-6-14(7-9-15)10-13-4-2-1-3-5-13/h13-14H,1-10H2. The summed E-state index contributed by atoms with van der Waals surface area (Å²) in [7, 11) is 0. The Balaban J connectivity index is 1.82. The van der Waals surface area contributed by atoms with E-state index in [9.17, 15) is 0 Å². The number of rotatable bonds is 2. The predicted molar refractivity (Wildman–Crippen MR) is 71.4 cm³/mol. The Morgan fingerprint density at radius 1 is 0.889 bits per heavy atom. The normalized spacial score (nSPS) is 25.2. The minimum absolute atomic E-state index is 0.381. The van der Waals surface area contributed by atoms with E-state index in [1.807, 2.05) is 12.1 Å². The Morgan fingerprint density at radius 3 is 2.00 bits per heavy atom. The first-order valence-corrected chi connectivity index (χ1v) is 7.35. The van der Waals surface area contributed by atoms with Crippen molar-refractivity contribution in [1.29, 1.82) is 10.5 Å². The molecule has 0 aromatic carbocycles. The van der Waals surface area contributed by atoms with Crippen molar-refractivity contribution in [1.82, 2.24) is 0 Å². The summed E-state index contributed by atoms with van der Waals surface area (Å²) >= 11 is 0. The van der Waals surface area contributed by atoms with Crippen LogP contribution in [0.25, 0.3) is 0 Å². The fraction of sp³-hybridized carbons (Fsp3) is 0.750. The van der Waals surface area contributed by atoms with Gasteiger partial charge in [-0.15, -0.1) is 0 Å². The average Bonchev–Trinajstić information content (AvgIpc) is 2.43. The molecule has 0 saturated heterocycles. The van der Waals surface area contributed by atoms with Crippen LogP contribution in [0.4, 0.5) is 0 Å². The van der Waals surface area contributed by atoms with Gasteiger partial charge in [0, 0.05) is 0 Å². The molecule has 0 heterocycles. The highest BCUT2D eigenvalue weighted by Crippen LogP contribution is 2.37. The first-order chi connectivity index (χ1) is 8.83. The highest BCUT2D eigenvalue weighted by atomic mass is 14.3. The van der Waals surface area contributed by atoms with E-state index in [2.05, 4.69) is 0 Å². The largest absolute Gasteiger partial charge is 0.192 e. The number of nitriles is 2. The van der Waals surface area contributed by atoms with Crippen molar-refractivity contribution in [3.63, 3.8) is 0 Å². The van der Waals surface area contributed by atoms with Gasteiger partial charge in [0.1, 0.15) is 17.7 Å². The van der Waals surface area contributed by atoms with E-state index in [4.69, 9.17) is 10.5 Å². The van der Waals surface area contributed by atoms with E-state index in [0.29, 0.717) is 5.57 Å². The minimum atomic E-state index is 0.381. The van der Waals surface area contributed by atoms with Crippen LogP contribution in [-0.4, -0.2) is 0 Å². The maximum atomic E-state index is 8.87. The summed E-state index contributed by atoms with van der Waals surface area (Å²) in [6, 6.07) is 4.07. The smallest absolute Gasteiger partial charge is 0.128 e. The van der Waals surface area contributed by atoms with Gasteiger partial charge in [0.15, 0.2) is 0 Å². The monoisotopic (exact) mass is 242 g/mol. The second kappa shape index (κ2) is 6.60. The summed E-state index contributed by atoms with van der Waals surface area (Å²) in [6.45, 7) is 0. The van der Waals surface area contributed by atoms with Crippen LogP contribution in [0.15, 0.2) is 11.1 Å². The molecule has 2 aliphatic carbocycles. The lowest BCUT2D eigenvalue weighted by Crippen LogP contribution is -2.16. The van der Waals surface area contributed by atoms with Gasteiger partial charge in [0.25, 0.3) is 0 Å². The van der Waals surface area contributed by atoms with Gasteiger partial charge in [-0.2, -0.15) is 10.5 Å². The minimum Gasteiger partial charge on any atom is -0.192 e. The molecule has 0 aliphatic heterocycles. The van der Waals surface area contributed by atoms with Gasteiger partial charge in [-0.1, -0.05) is 32.1 Å². The van der Waals surface area contributed by atoms with Crippen LogP contribution in [0.5, 0.6) is 0 Å². The van der Waals surface area contributed by atoms with Gasteiger partial charge < -0.3 is 0 Å². The quantitative estimate of drug-likeness (QED) is 0.670. The van der Waals surface area contributed by atoms with Crippen LogP contribution in [0.3, 0.4) is 0 Å².